The number of benzene rings is 1. The number of carbonyl (C=O) groups is 2. The average molecular weight is 392 g/mol. The molecule has 0 spiro atoms. The van der Waals surface area contributed by atoms with Gasteiger partial charge in [-0.15, -0.1) is 0 Å². The summed E-state index contributed by atoms with van der Waals surface area (Å²) in [5, 5.41) is 20.0. The van der Waals surface area contributed by atoms with E-state index in [9.17, 15) is 14.0 Å². The molecule has 0 bridgehead atoms. The first-order chi connectivity index (χ1) is 12.9. The summed E-state index contributed by atoms with van der Waals surface area (Å²) in [6.45, 7) is 1.62. The molecule has 1 amide bonds. The van der Waals surface area contributed by atoms with Gasteiger partial charge >= 0.3 is 5.97 Å². The predicted octanol–water partition coefficient (Wildman–Crippen LogP) is 2.82. The van der Waals surface area contributed by atoms with Crippen LogP contribution in [0.5, 0.6) is 0 Å². The van der Waals surface area contributed by atoms with Crippen LogP contribution in [-0.4, -0.2) is 36.5 Å². The SMILES string of the molecule is CC(C(=O)Nc1cnn(Cc2c(F)cccc2Cl)c1)n1nccc1C(=O)O. The molecule has 0 aliphatic carbocycles. The fourth-order valence-electron chi connectivity index (χ4n) is 2.51. The standard InChI is InChI=1S/C17H15ClFN5O3/c1-10(24-15(17(26)27)5-6-20-24)16(25)22-11-7-21-23(8-11)9-12-13(18)3-2-4-14(12)19/h2-8,10H,9H2,1H3,(H,22,25)(H,26,27). The molecule has 0 aliphatic heterocycles. The molecule has 2 heterocycles. The van der Waals surface area contributed by atoms with Crippen LogP contribution in [0.15, 0.2) is 42.9 Å². The molecule has 8 nitrogen and oxygen atoms in total. The van der Waals surface area contributed by atoms with Crippen LogP contribution < -0.4 is 5.32 Å². The van der Waals surface area contributed by atoms with E-state index in [4.69, 9.17) is 16.7 Å². The quantitative estimate of drug-likeness (QED) is 0.672. The highest BCUT2D eigenvalue weighted by Gasteiger charge is 2.22. The molecule has 10 heteroatoms. The van der Waals surface area contributed by atoms with E-state index in [1.807, 2.05) is 0 Å². The van der Waals surface area contributed by atoms with Crippen molar-refractivity contribution in [2.75, 3.05) is 5.32 Å². The molecule has 0 fully saturated rings. The van der Waals surface area contributed by atoms with Crippen molar-refractivity contribution in [1.82, 2.24) is 19.6 Å². The topological polar surface area (TPSA) is 102 Å². The monoisotopic (exact) mass is 391 g/mol. The van der Waals surface area contributed by atoms with Crippen LogP contribution in [0.25, 0.3) is 0 Å². The van der Waals surface area contributed by atoms with Crippen molar-refractivity contribution in [3.8, 4) is 0 Å². The van der Waals surface area contributed by atoms with E-state index < -0.39 is 23.7 Å². The maximum Gasteiger partial charge on any atom is 0.354 e. The van der Waals surface area contributed by atoms with E-state index in [1.165, 1.54) is 48.4 Å². The summed E-state index contributed by atoms with van der Waals surface area (Å²) >= 11 is 6.00. The minimum absolute atomic E-state index is 0.0949. The summed E-state index contributed by atoms with van der Waals surface area (Å²) < 4.78 is 16.4. The Hall–Kier alpha value is -3.20. The first kappa shape index (κ1) is 18.6. The first-order valence-electron chi connectivity index (χ1n) is 7.90. The van der Waals surface area contributed by atoms with Crippen LogP contribution >= 0.6 is 11.6 Å². The van der Waals surface area contributed by atoms with Gasteiger partial charge in [0.15, 0.2) is 0 Å². The van der Waals surface area contributed by atoms with E-state index in [1.54, 1.807) is 6.07 Å². The molecule has 0 aliphatic rings. The van der Waals surface area contributed by atoms with Crippen LogP contribution in [0, 0.1) is 5.82 Å². The number of nitrogens with one attached hydrogen (secondary N) is 1. The largest absolute Gasteiger partial charge is 0.477 e. The minimum atomic E-state index is -1.18. The summed E-state index contributed by atoms with van der Waals surface area (Å²) in [7, 11) is 0. The summed E-state index contributed by atoms with van der Waals surface area (Å²) in [5.74, 6) is -2.09. The number of rotatable bonds is 6. The lowest BCUT2D eigenvalue weighted by molar-refractivity contribution is -0.119. The van der Waals surface area contributed by atoms with Gasteiger partial charge in [0.2, 0.25) is 5.91 Å². The molecule has 1 unspecified atom stereocenters. The van der Waals surface area contributed by atoms with Crippen LogP contribution in [0.1, 0.15) is 29.0 Å². The number of hydrogen-bond acceptors (Lipinski definition) is 4. The van der Waals surface area contributed by atoms with Gasteiger partial charge in [0.1, 0.15) is 17.6 Å². The highest BCUT2D eigenvalue weighted by molar-refractivity contribution is 6.31. The van der Waals surface area contributed by atoms with Gasteiger partial charge in [-0.2, -0.15) is 10.2 Å². The number of amides is 1. The predicted molar refractivity (Wildman–Crippen MR) is 95.3 cm³/mol. The molecule has 2 N–H and O–H groups in total. The van der Waals surface area contributed by atoms with Gasteiger partial charge in [0, 0.05) is 23.0 Å². The number of aromatic nitrogens is 4. The van der Waals surface area contributed by atoms with Crippen LogP contribution in [0.3, 0.4) is 0 Å². The molecule has 1 atom stereocenters. The Kier molecular flexibility index (Phi) is 5.22. The van der Waals surface area contributed by atoms with Crippen molar-refractivity contribution in [1.29, 1.82) is 0 Å². The van der Waals surface area contributed by atoms with Crippen molar-refractivity contribution in [3.05, 3.63) is 65.0 Å². The Bertz CT molecular complexity index is 980. The number of nitrogens with zero attached hydrogens (tertiary/aromatic N) is 4. The third kappa shape index (κ3) is 3.98. The molecule has 27 heavy (non-hydrogen) atoms. The summed E-state index contributed by atoms with van der Waals surface area (Å²) in [5.41, 5.74) is 0.571. The summed E-state index contributed by atoms with van der Waals surface area (Å²) in [4.78, 5) is 23.5. The minimum Gasteiger partial charge on any atom is -0.477 e. The zero-order valence-corrected chi connectivity index (χ0v) is 14.9. The molecule has 140 valence electrons. The third-order valence-corrected chi connectivity index (χ3v) is 4.27. The van der Waals surface area contributed by atoms with Gasteiger partial charge < -0.3 is 10.4 Å². The lowest BCUT2D eigenvalue weighted by Gasteiger charge is -2.13. The van der Waals surface area contributed by atoms with Crippen molar-refractivity contribution in [2.24, 2.45) is 0 Å². The molecule has 0 radical (unpaired) electrons. The van der Waals surface area contributed by atoms with E-state index >= 15 is 0 Å². The van der Waals surface area contributed by atoms with Crippen LogP contribution in [-0.2, 0) is 11.3 Å². The van der Waals surface area contributed by atoms with Gasteiger partial charge in [-0.05, 0) is 25.1 Å². The lowest BCUT2D eigenvalue weighted by atomic mass is 10.2. The van der Waals surface area contributed by atoms with E-state index in [-0.39, 0.29) is 22.8 Å². The van der Waals surface area contributed by atoms with Gasteiger partial charge in [-0.3, -0.25) is 9.48 Å². The molecule has 3 aromatic rings. The molecule has 2 aromatic heterocycles. The zero-order chi connectivity index (χ0) is 19.6. The number of aromatic carboxylic acids is 1. The number of carboxylic acids is 1. The number of halogens is 2. The number of hydrogen-bond donors (Lipinski definition) is 2. The maximum atomic E-state index is 13.9. The van der Waals surface area contributed by atoms with Crippen molar-refractivity contribution >= 4 is 29.2 Å². The van der Waals surface area contributed by atoms with Crippen LogP contribution in [0.2, 0.25) is 5.02 Å². The van der Waals surface area contributed by atoms with Crippen molar-refractivity contribution in [3.63, 3.8) is 0 Å². The second kappa shape index (κ2) is 7.58. The summed E-state index contributed by atoms with van der Waals surface area (Å²) in [6, 6.07) is 4.85. The van der Waals surface area contributed by atoms with Gasteiger partial charge in [-0.1, -0.05) is 17.7 Å². The van der Waals surface area contributed by atoms with Crippen LogP contribution in [0.4, 0.5) is 10.1 Å². The number of carbonyl (C=O) groups excluding carboxylic acids is 1. The Morgan fingerprint density at radius 1 is 1.33 bits per heavy atom. The molecular weight excluding hydrogens is 377 g/mol. The second-order valence-electron chi connectivity index (χ2n) is 5.76. The Morgan fingerprint density at radius 2 is 2.11 bits per heavy atom. The highest BCUT2D eigenvalue weighted by Crippen LogP contribution is 2.20. The lowest BCUT2D eigenvalue weighted by Crippen LogP contribution is -2.26. The average Bonchev–Trinajstić information content (AvgIpc) is 3.27. The fraction of sp³-hybridized carbons (Fsp3) is 0.176. The molecule has 3 rings (SSSR count). The molecule has 0 saturated heterocycles. The second-order valence-corrected chi connectivity index (χ2v) is 6.17. The fourth-order valence-corrected chi connectivity index (χ4v) is 2.73. The zero-order valence-electron chi connectivity index (χ0n) is 14.1. The van der Waals surface area contributed by atoms with E-state index in [0.717, 1.165) is 4.68 Å². The first-order valence-corrected chi connectivity index (χ1v) is 8.27. The summed E-state index contributed by atoms with van der Waals surface area (Å²) in [6.07, 6.45) is 4.23. The Labute approximate surface area is 158 Å². The Balaban J connectivity index is 1.71. The molecular formula is C17H15ClFN5O3. The van der Waals surface area contributed by atoms with Gasteiger partial charge in [0.25, 0.3) is 0 Å². The normalized spacial score (nSPS) is 12.0. The molecule has 1 aromatic carbocycles. The number of anilines is 1. The maximum absolute atomic E-state index is 13.9. The molecule has 0 saturated carbocycles. The third-order valence-electron chi connectivity index (χ3n) is 3.92. The number of carboxylic acid groups (broad SMARTS) is 1. The van der Waals surface area contributed by atoms with Gasteiger partial charge in [0.05, 0.1) is 18.4 Å². The highest BCUT2D eigenvalue weighted by atomic mass is 35.5. The smallest absolute Gasteiger partial charge is 0.354 e. The van der Waals surface area contributed by atoms with E-state index in [2.05, 4.69) is 15.5 Å². The Morgan fingerprint density at radius 3 is 2.81 bits per heavy atom. The van der Waals surface area contributed by atoms with E-state index in [0.29, 0.717) is 5.69 Å². The van der Waals surface area contributed by atoms with Crippen molar-refractivity contribution < 1.29 is 19.1 Å². The van der Waals surface area contributed by atoms with Crippen molar-refractivity contribution in [2.45, 2.75) is 19.5 Å². The van der Waals surface area contributed by atoms with Gasteiger partial charge in [-0.25, -0.2) is 13.9 Å².